The number of rotatable bonds is 7. The van der Waals surface area contributed by atoms with Gasteiger partial charge in [0.1, 0.15) is 5.58 Å². The minimum absolute atomic E-state index is 0.0958. The van der Waals surface area contributed by atoms with E-state index in [1.54, 1.807) is 0 Å². The number of furan rings is 1. The van der Waals surface area contributed by atoms with E-state index in [0.29, 0.717) is 0 Å². The Morgan fingerprint density at radius 2 is 0.932 bits per heavy atom. The molecule has 0 bridgehead atoms. The van der Waals surface area contributed by atoms with Crippen LogP contribution in [0.3, 0.4) is 0 Å². The summed E-state index contributed by atoms with van der Waals surface area (Å²) in [6.07, 6.45) is 0. The van der Waals surface area contributed by atoms with Crippen LogP contribution in [0.1, 0.15) is 25.0 Å². The first kappa shape index (κ1) is 34.8. The molecule has 0 aliphatic heterocycles. The first-order valence-electron chi connectivity index (χ1n) is 20.4. The summed E-state index contributed by atoms with van der Waals surface area (Å²) in [6.45, 7) is 4.70. The van der Waals surface area contributed by atoms with Gasteiger partial charge in [-0.1, -0.05) is 190 Å². The predicted molar refractivity (Wildman–Crippen MR) is 248 cm³/mol. The lowest BCUT2D eigenvalue weighted by Crippen LogP contribution is -2.15. The Bertz CT molecular complexity index is 3190. The topological polar surface area (TPSA) is 16.4 Å². The van der Waals surface area contributed by atoms with E-state index in [1.807, 2.05) is 6.07 Å². The Morgan fingerprint density at radius 1 is 0.373 bits per heavy atom. The summed E-state index contributed by atoms with van der Waals surface area (Å²) >= 11 is 0. The lowest BCUT2D eigenvalue weighted by Gasteiger charge is -2.30. The number of hydrogen-bond donors (Lipinski definition) is 0. The van der Waals surface area contributed by atoms with Gasteiger partial charge in [-0.25, -0.2) is 0 Å². The Hall–Kier alpha value is -7.42. The second-order valence-corrected chi connectivity index (χ2v) is 16.0. The molecule has 11 rings (SSSR count). The summed E-state index contributed by atoms with van der Waals surface area (Å²) in [5.74, 6) is 0. The van der Waals surface area contributed by atoms with Crippen molar-refractivity contribution in [2.45, 2.75) is 19.3 Å². The Balaban J connectivity index is 1.18. The molecule has 2 nitrogen and oxygen atoms in total. The average molecular weight is 756 g/mol. The number of benzene rings is 9. The maximum atomic E-state index is 6.84. The highest BCUT2D eigenvalue weighted by Gasteiger charge is 2.35. The van der Waals surface area contributed by atoms with Crippen LogP contribution in [0, 0.1) is 0 Å². The molecule has 9 aromatic carbocycles. The number of fused-ring (bicyclic) bond motifs is 6. The molecule has 1 aliphatic carbocycles. The first-order valence-corrected chi connectivity index (χ1v) is 20.4. The van der Waals surface area contributed by atoms with Gasteiger partial charge < -0.3 is 9.32 Å². The van der Waals surface area contributed by atoms with Gasteiger partial charge in [0, 0.05) is 27.4 Å². The zero-order valence-corrected chi connectivity index (χ0v) is 33.1. The summed E-state index contributed by atoms with van der Waals surface area (Å²) in [4.78, 5) is 2.42. The van der Waals surface area contributed by atoms with E-state index in [4.69, 9.17) is 4.42 Å². The van der Waals surface area contributed by atoms with Crippen molar-refractivity contribution in [1.82, 2.24) is 0 Å². The number of nitrogens with zero attached hydrogens (tertiary/aromatic N) is 1. The molecule has 0 unspecified atom stereocenters. The highest BCUT2D eigenvalue weighted by molar-refractivity contribution is 6.11. The van der Waals surface area contributed by atoms with Gasteiger partial charge in [-0.05, 0) is 97.6 Å². The van der Waals surface area contributed by atoms with Gasteiger partial charge in [-0.3, -0.25) is 0 Å². The molecule has 1 heterocycles. The summed E-state index contributed by atoms with van der Waals surface area (Å²) in [5.41, 5.74) is 19.4. The van der Waals surface area contributed by atoms with Crippen LogP contribution in [-0.4, -0.2) is 0 Å². The molecule has 0 saturated carbocycles. The molecule has 0 amide bonds. The fourth-order valence-corrected chi connectivity index (χ4v) is 9.46. The molecule has 2 heteroatoms. The standard InChI is InChI=1S/C57H41NO/c1-57(2)50-30-13-11-25-45(50)46-35-34-41(37-51(46)57)40-22-15-23-42(36-40)58(53-32-17-29-49-47-26-12-14-33-54(47)59-56(49)53)52-31-16-28-44(39-20-7-4-8-21-39)55(52)48-27-10-9-24-43(48)38-18-5-3-6-19-38/h3-37H,1-2H3. The fourth-order valence-electron chi connectivity index (χ4n) is 9.46. The van der Waals surface area contributed by atoms with E-state index in [2.05, 4.69) is 225 Å². The maximum Gasteiger partial charge on any atom is 0.159 e. The lowest BCUT2D eigenvalue weighted by molar-refractivity contribution is 0.660. The highest BCUT2D eigenvalue weighted by atomic mass is 16.3. The molecule has 280 valence electrons. The van der Waals surface area contributed by atoms with Crippen molar-refractivity contribution >= 4 is 39.0 Å². The predicted octanol–water partition coefficient (Wildman–Crippen LogP) is 16.0. The quantitative estimate of drug-likeness (QED) is 0.161. The van der Waals surface area contributed by atoms with E-state index >= 15 is 0 Å². The van der Waals surface area contributed by atoms with Crippen LogP contribution in [0.15, 0.2) is 217 Å². The third-order valence-electron chi connectivity index (χ3n) is 12.3. The van der Waals surface area contributed by atoms with Crippen molar-refractivity contribution in [3.8, 4) is 55.6 Å². The lowest BCUT2D eigenvalue weighted by atomic mass is 9.81. The molecule has 1 aromatic heterocycles. The van der Waals surface area contributed by atoms with Crippen LogP contribution >= 0.6 is 0 Å². The first-order chi connectivity index (χ1) is 29.0. The number of anilines is 3. The molecule has 0 N–H and O–H groups in total. The smallest absolute Gasteiger partial charge is 0.159 e. The normalized spacial score (nSPS) is 12.7. The molecular weight excluding hydrogens is 715 g/mol. The third-order valence-corrected chi connectivity index (χ3v) is 12.3. The summed E-state index contributed by atoms with van der Waals surface area (Å²) in [5, 5.41) is 2.19. The molecule has 0 radical (unpaired) electrons. The SMILES string of the molecule is CC1(C)c2ccccc2-c2ccc(-c3cccc(N(c4cccc(-c5ccccc5)c4-c4ccccc4-c4ccccc4)c4cccc5c4oc4ccccc45)c3)cc21. The van der Waals surface area contributed by atoms with Crippen LogP contribution < -0.4 is 4.90 Å². The maximum absolute atomic E-state index is 6.84. The van der Waals surface area contributed by atoms with E-state index in [9.17, 15) is 0 Å². The van der Waals surface area contributed by atoms with Crippen molar-refractivity contribution in [2.24, 2.45) is 0 Å². The van der Waals surface area contributed by atoms with Crippen LogP contribution in [0.2, 0.25) is 0 Å². The largest absolute Gasteiger partial charge is 0.454 e. The van der Waals surface area contributed by atoms with Crippen molar-refractivity contribution < 1.29 is 4.42 Å². The molecule has 59 heavy (non-hydrogen) atoms. The molecule has 0 spiro atoms. The van der Waals surface area contributed by atoms with Gasteiger partial charge in [-0.15, -0.1) is 0 Å². The summed E-state index contributed by atoms with van der Waals surface area (Å²) in [6, 6.07) is 76.8. The van der Waals surface area contributed by atoms with Crippen molar-refractivity contribution in [3.05, 3.63) is 223 Å². The van der Waals surface area contributed by atoms with Crippen LogP contribution in [0.5, 0.6) is 0 Å². The average Bonchev–Trinajstić information content (AvgIpc) is 3.79. The van der Waals surface area contributed by atoms with Gasteiger partial charge in [0.05, 0.1) is 11.4 Å². The van der Waals surface area contributed by atoms with E-state index in [0.717, 1.165) is 66.8 Å². The van der Waals surface area contributed by atoms with Gasteiger partial charge in [0.2, 0.25) is 0 Å². The Kier molecular flexibility index (Phi) is 8.20. The van der Waals surface area contributed by atoms with Gasteiger partial charge in [0.15, 0.2) is 5.58 Å². The van der Waals surface area contributed by atoms with Crippen molar-refractivity contribution in [2.75, 3.05) is 4.90 Å². The second kappa shape index (κ2) is 13.9. The van der Waals surface area contributed by atoms with Crippen molar-refractivity contribution in [1.29, 1.82) is 0 Å². The summed E-state index contributed by atoms with van der Waals surface area (Å²) in [7, 11) is 0. The monoisotopic (exact) mass is 755 g/mol. The minimum Gasteiger partial charge on any atom is -0.454 e. The molecule has 0 fully saturated rings. The van der Waals surface area contributed by atoms with E-state index in [1.165, 1.54) is 38.9 Å². The highest BCUT2D eigenvalue weighted by Crippen LogP contribution is 2.52. The Labute approximate surface area is 345 Å². The van der Waals surface area contributed by atoms with Gasteiger partial charge in [-0.2, -0.15) is 0 Å². The van der Waals surface area contributed by atoms with Crippen molar-refractivity contribution in [3.63, 3.8) is 0 Å². The Morgan fingerprint density at radius 3 is 1.75 bits per heavy atom. The van der Waals surface area contributed by atoms with E-state index in [-0.39, 0.29) is 5.41 Å². The zero-order chi connectivity index (χ0) is 39.5. The minimum atomic E-state index is -0.0958. The molecule has 1 aliphatic rings. The zero-order valence-electron chi connectivity index (χ0n) is 33.1. The number of hydrogen-bond acceptors (Lipinski definition) is 2. The van der Waals surface area contributed by atoms with Gasteiger partial charge in [0.25, 0.3) is 0 Å². The third kappa shape index (κ3) is 5.71. The molecule has 0 saturated heterocycles. The van der Waals surface area contributed by atoms with Crippen LogP contribution in [-0.2, 0) is 5.41 Å². The molecule has 10 aromatic rings. The fraction of sp³-hybridized carbons (Fsp3) is 0.0526. The van der Waals surface area contributed by atoms with Crippen LogP contribution in [0.4, 0.5) is 17.1 Å². The summed E-state index contributed by atoms with van der Waals surface area (Å²) < 4.78 is 6.84. The number of para-hydroxylation sites is 2. The van der Waals surface area contributed by atoms with E-state index < -0.39 is 0 Å². The van der Waals surface area contributed by atoms with Crippen LogP contribution in [0.25, 0.3) is 77.6 Å². The molecular formula is C57H41NO. The van der Waals surface area contributed by atoms with Gasteiger partial charge >= 0.3 is 0 Å². The second-order valence-electron chi connectivity index (χ2n) is 16.0. The molecule has 0 atom stereocenters.